The highest BCUT2D eigenvalue weighted by Gasteiger charge is 2.52. The molecule has 1 aliphatic heterocycles. The van der Waals surface area contributed by atoms with Crippen molar-refractivity contribution in [2.45, 2.75) is 18.7 Å². The van der Waals surface area contributed by atoms with Crippen LogP contribution in [0.4, 0.5) is 13.2 Å². The van der Waals surface area contributed by atoms with Gasteiger partial charge in [-0.15, -0.1) is 0 Å². The van der Waals surface area contributed by atoms with Crippen LogP contribution in [0, 0.1) is 5.92 Å². The third kappa shape index (κ3) is 3.82. The highest BCUT2D eigenvalue weighted by molar-refractivity contribution is 6.30. The van der Waals surface area contributed by atoms with Crippen LogP contribution in [0.3, 0.4) is 0 Å². The van der Waals surface area contributed by atoms with Crippen molar-refractivity contribution >= 4 is 17.6 Å². The third-order valence-corrected chi connectivity index (χ3v) is 4.03. The Balaban J connectivity index is 1.87. The van der Waals surface area contributed by atoms with Crippen molar-refractivity contribution in [3.8, 4) is 17.2 Å². The second-order valence-electron chi connectivity index (χ2n) is 5.55. The molecular weight excluding hydrogens is 361 g/mol. The van der Waals surface area contributed by atoms with E-state index in [0.717, 1.165) is 0 Å². The lowest BCUT2D eigenvalue weighted by Crippen LogP contribution is -2.47. The van der Waals surface area contributed by atoms with E-state index in [-0.39, 0.29) is 12.2 Å². The topological polar surface area (TPSA) is 55.8 Å². The van der Waals surface area contributed by atoms with E-state index in [4.69, 9.17) is 26.2 Å². The number of alkyl halides is 3. The Bertz CT molecular complexity index is 789. The molecule has 3 rings (SSSR count). The van der Waals surface area contributed by atoms with Gasteiger partial charge in [0.2, 0.25) is 6.10 Å². The summed E-state index contributed by atoms with van der Waals surface area (Å²) >= 11 is 5.79. The van der Waals surface area contributed by atoms with Crippen molar-refractivity contribution in [1.29, 1.82) is 0 Å². The van der Waals surface area contributed by atoms with Crippen molar-refractivity contribution in [3.05, 3.63) is 53.1 Å². The Morgan fingerprint density at radius 1 is 1.16 bits per heavy atom. The first-order valence-corrected chi connectivity index (χ1v) is 7.64. The maximum Gasteiger partial charge on any atom is 0.426 e. The molecule has 0 aliphatic carbocycles. The van der Waals surface area contributed by atoms with Crippen LogP contribution in [0.1, 0.15) is 5.56 Å². The summed E-state index contributed by atoms with van der Waals surface area (Å²) in [5.41, 5.74) is 0.347. The van der Waals surface area contributed by atoms with Crippen molar-refractivity contribution in [1.82, 2.24) is 0 Å². The molecule has 0 fully saturated rings. The Morgan fingerprint density at radius 2 is 1.80 bits per heavy atom. The zero-order valence-electron chi connectivity index (χ0n) is 12.6. The van der Waals surface area contributed by atoms with Gasteiger partial charge in [0.1, 0.15) is 23.2 Å². The quantitative estimate of drug-likeness (QED) is 0.848. The number of hydrogen-bond acceptors (Lipinski definition) is 3. The van der Waals surface area contributed by atoms with Crippen molar-refractivity contribution in [2.24, 2.45) is 5.92 Å². The minimum atomic E-state index is -4.76. The van der Waals surface area contributed by atoms with E-state index in [2.05, 4.69) is 0 Å². The van der Waals surface area contributed by atoms with Gasteiger partial charge in [-0.2, -0.15) is 13.2 Å². The number of hydrogen-bond donors (Lipinski definition) is 1. The van der Waals surface area contributed by atoms with Crippen LogP contribution in [-0.4, -0.2) is 23.4 Å². The minimum absolute atomic E-state index is 0.00304. The number of carbonyl (C=O) groups is 1. The lowest BCUT2D eigenvalue weighted by atomic mass is 9.90. The molecule has 0 bridgehead atoms. The minimum Gasteiger partial charge on any atom is -0.481 e. The number of carboxylic acids is 1. The maximum absolute atomic E-state index is 13.0. The molecular formula is C17H12ClF3O4. The first kappa shape index (κ1) is 17.4. The maximum atomic E-state index is 13.0. The van der Waals surface area contributed by atoms with Gasteiger partial charge in [-0.25, -0.2) is 0 Å². The van der Waals surface area contributed by atoms with Crippen LogP contribution in [0.2, 0.25) is 5.02 Å². The molecule has 0 saturated carbocycles. The second-order valence-corrected chi connectivity index (χ2v) is 5.99. The Hall–Kier alpha value is -2.41. The van der Waals surface area contributed by atoms with Crippen LogP contribution in [0.5, 0.6) is 17.2 Å². The molecule has 2 atom stereocenters. The number of carboxylic acid groups (broad SMARTS) is 1. The number of ether oxygens (including phenoxy) is 2. The molecule has 0 unspecified atom stereocenters. The third-order valence-electron chi connectivity index (χ3n) is 3.78. The molecule has 1 N–H and O–H groups in total. The highest BCUT2D eigenvalue weighted by atomic mass is 35.5. The molecule has 8 heteroatoms. The SMILES string of the molecule is O=C(O)[C@@H]1Cc2cc(Oc3ccc(Cl)cc3)ccc2O[C@@H]1C(F)(F)F. The van der Waals surface area contributed by atoms with Gasteiger partial charge in [-0.1, -0.05) is 11.6 Å². The van der Waals surface area contributed by atoms with Gasteiger partial charge in [-0.05, 0) is 54.4 Å². The van der Waals surface area contributed by atoms with Gasteiger partial charge in [0.05, 0.1) is 0 Å². The number of aliphatic carboxylic acids is 1. The second kappa shape index (κ2) is 6.48. The Morgan fingerprint density at radius 3 is 2.40 bits per heavy atom. The molecule has 132 valence electrons. The van der Waals surface area contributed by atoms with Crippen LogP contribution >= 0.6 is 11.6 Å². The fraction of sp³-hybridized carbons (Fsp3) is 0.235. The standard InChI is InChI=1S/C17H12ClF3O4/c18-10-1-3-11(4-2-10)24-12-5-6-14-9(7-12)8-13(16(22)23)15(25-14)17(19,20)21/h1-7,13,15H,8H2,(H,22,23)/t13-,15+/m1/s1. The molecule has 0 radical (unpaired) electrons. The van der Waals surface area contributed by atoms with Crippen LogP contribution < -0.4 is 9.47 Å². The molecule has 25 heavy (non-hydrogen) atoms. The zero-order valence-corrected chi connectivity index (χ0v) is 13.3. The van der Waals surface area contributed by atoms with Crippen LogP contribution in [-0.2, 0) is 11.2 Å². The summed E-state index contributed by atoms with van der Waals surface area (Å²) in [5.74, 6) is -2.41. The average Bonchev–Trinajstić information content (AvgIpc) is 2.55. The number of halogens is 4. The summed E-state index contributed by atoms with van der Waals surface area (Å²) in [7, 11) is 0. The van der Waals surface area contributed by atoms with Gasteiger partial charge in [0, 0.05) is 5.02 Å². The van der Waals surface area contributed by atoms with E-state index in [1.165, 1.54) is 18.2 Å². The van der Waals surface area contributed by atoms with E-state index in [1.54, 1.807) is 24.3 Å². The molecule has 4 nitrogen and oxygen atoms in total. The number of fused-ring (bicyclic) bond motifs is 1. The van der Waals surface area contributed by atoms with Crippen molar-refractivity contribution in [2.75, 3.05) is 0 Å². The van der Waals surface area contributed by atoms with E-state index in [1.807, 2.05) is 0 Å². The largest absolute Gasteiger partial charge is 0.481 e. The van der Waals surface area contributed by atoms with E-state index in [0.29, 0.717) is 22.1 Å². The molecule has 2 aromatic carbocycles. The smallest absolute Gasteiger partial charge is 0.426 e. The molecule has 2 aromatic rings. The first-order valence-electron chi connectivity index (χ1n) is 7.26. The molecule has 1 aliphatic rings. The fourth-order valence-corrected chi connectivity index (χ4v) is 2.73. The van der Waals surface area contributed by atoms with Gasteiger partial charge < -0.3 is 14.6 Å². The van der Waals surface area contributed by atoms with E-state index >= 15 is 0 Å². The molecule has 0 spiro atoms. The zero-order chi connectivity index (χ0) is 18.2. The number of rotatable bonds is 3. The predicted molar refractivity (Wildman–Crippen MR) is 83.3 cm³/mol. The van der Waals surface area contributed by atoms with Crippen molar-refractivity contribution < 1.29 is 32.5 Å². The summed E-state index contributed by atoms with van der Waals surface area (Å²) in [5, 5.41) is 9.64. The average molecular weight is 373 g/mol. The highest BCUT2D eigenvalue weighted by Crippen LogP contribution is 2.40. The lowest BCUT2D eigenvalue weighted by molar-refractivity contribution is -0.217. The van der Waals surface area contributed by atoms with Gasteiger partial charge in [0.15, 0.2) is 0 Å². The Kier molecular flexibility index (Phi) is 4.51. The normalized spacial score (nSPS) is 19.7. The van der Waals surface area contributed by atoms with Crippen molar-refractivity contribution in [3.63, 3.8) is 0 Å². The molecule has 0 aromatic heterocycles. The summed E-state index contributed by atoms with van der Waals surface area (Å²) in [6, 6.07) is 10.8. The van der Waals surface area contributed by atoms with Crippen LogP contribution in [0.15, 0.2) is 42.5 Å². The predicted octanol–water partition coefficient (Wildman–Crippen LogP) is 4.70. The monoisotopic (exact) mass is 372 g/mol. The van der Waals surface area contributed by atoms with Gasteiger partial charge >= 0.3 is 12.1 Å². The summed E-state index contributed by atoms with van der Waals surface area (Å²) in [6.07, 6.45) is -7.44. The fourth-order valence-electron chi connectivity index (χ4n) is 2.61. The van der Waals surface area contributed by atoms with E-state index in [9.17, 15) is 18.0 Å². The lowest BCUT2D eigenvalue weighted by Gasteiger charge is -2.32. The summed E-state index contributed by atoms with van der Waals surface area (Å²) in [6.45, 7) is 0. The van der Waals surface area contributed by atoms with Gasteiger partial charge in [-0.3, -0.25) is 4.79 Å². The van der Waals surface area contributed by atoms with Gasteiger partial charge in [0.25, 0.3) is 0 Å². The number of benzene rings is 2. The molecule has 0 amide bonds. The Labute approximate surface area is 145 Å². The molecule has 0 saturated heterocycles. The van der Waals surface area contributed by atoms with Crippen LogP contribution in [0.25, 0.3) is 0 Å². The molecule has 1 heterocycles. The summed E-state index contributed by atoms with van der Waals surface area (Å²) < 4.78 is 49.6. The first-order chi connectivity index (χ1) is 11.7. The summed E-state index contributed by atoms with van der Waals surface area (Å²) in [4.78, 5) is 11.2. The van der Waals surface area contributed by atoms with E-state index < -0.39 is 24.2 Å².